The summed E-state index contributed by atoms with van der Waals surface area (Å²) < 4.78 is 1.04. The molecule has 0 heterocycles. The van der Waals surface area contributed by atoms with Gasteiger partial charge in [0.2, 0.25) is 0 Å². The van der Waals surface area contributed by atoms with Crippen LogP contribution in [-0.2, 0) is 6.42 Å². The van der Waals surface area contributed by atoms with E-state index in [9.17, 15) is 0 Å². The van der Waals surface area contributed by atoms with Crippen LogP contribution in [0.25, 0.3) is 0 Å². The summed E-state index contributed by atoms with van der Waals surface area (Å²) in [5.74, 6) is 0.641. The topological polar surface area (TPSA) is 12.0 Å². The summed E-state index contributed by atoms with van der Waals surface area (Å²) >= 11 is 9.65. The van der Waals surface area contributed by atoms with E-state index in [0.29, 0.717) is 12.0 Å². The summed E-state index contributed by atoms with van der Waals surface area (Å²) in [6.07, 6.45) is 2.22. The van der Waals surface area contributed by atoms with E-state index in [1.54, 1.807) is 0 Å². The molecule has 0 aliphatic rings. The van der Waals surface area contributed by atoms with Gasteiger partial charge < -0.3 is 5.32 Å². The minimum atomic E-state index is 0.573. The molecule has 1 aromatic rings. The number of halogens is 2. The van der Waals surface area contributed by atoms with Crippen molar-refractivity contribution in [1.82, 2.24) is 5.32 Å². The molecule has 0 fully saturated rings. The maximum Gasteiger partial charge on any atom is 0.0449 e. The molecule has 0 aromatic heterocycles. The maximum atomic E-state index is 6.23. The van der Waals surface area contributed by atoms with Crippen LogP contribution >= 0.6 is 27.5 Å². The van der Waals surface area contributed by atoms with Crippen molar-refractivity contribution >= 4 is 27.5 Å². The van der Waals surface area contributed by atoms with Gasteiger partial charge in [-0.05, 0) is 49.9 Å². The molecule has 96 valence electrons. The number of benzene rings is 1. The van der Waals surface area contributed by atoms with Crippen molar-refractivity contribution in [1.29, 1.82) is 0 Å². The largest absolute Gasteiger partial charge is 0.315 e. The van der Waals surface area contributed by atoms with Crippen LogP contribution in [0, 0.1) is 5.92 Å². The van der Waals surface area contributed by atoms with Crippen LogP contribution in [0.5, 0.6) is 0 Å². The Morgan fingerprint density at radius 2 is 2.06 bits per heavy atom. The Kier molecular flexibility index (Phi) is 6.53. The predicted molar refractivity (Wildman–Crippen MR) is 79.8 cm³/mol. The van der Waals surface area contributed by atoms with Gasteiger partial charge in [0.25, 0.3) is 0 Å². The lowest BCUT2D eigenvalue weighted by Crippen LogP contribution is -2.27. The molecular weight excluding hydrogens is 298 g/mol. The smallest absolute Gasteiger partial charge is 0.0449 e. The van der Waals surface area contributed by atoms with Gasteiger partial charge in [-0.25, -0.2) is 0 Å². The molecule has 1 N–H and O–H groups in total. The second-order valence-corrected chi connectivity index (χ2v) is 6.06. The molecule has 1 nitrogen and oxygen atoms in total. The van der Waals surface area contributed by atoms with E-state index in [2.05, 4.69) is 54.2 Å². The first kappa shape index (κ1) is 15.0. The van der Waals surface area contributed by atoms with Crippen LogP contribution in [0.3, 0.4) is 0 Å². The number of hydrogen-bond acceptors (Lipinski definition) is 1. The molecule has 0 aliphatic carbocycles. The first-order valence-corrected chi connectivity index (χ1v) is 7.37. The van der Waals surface area contributed by atoms with Gasteiger partial charge in [-0.3, -0.25) is 0 Å². The Hall–Kier alpha value is -0.0500. The van der Waals surface area contributed by atoms with Crippen molar-refractivity contribution in [2.45, 2.75) is 39.7 Å². The lowest BCUT2D eigenvalue weighted by Gasteiger charge is -2.18. The Morgan fingerprint density at radius 1 is 1.35 bits per heavy atom. The van der Waals surface area contributed by atoms with Gasteiger partial charge in [-0.2, -0.15) is 0 Å². The maximum absolute atomic E-state index is 6.23. The average molecular weight is 319 g/mol. The Bertz CT molecular complexity index is 354. The number of hydrogen-bond donors (Lipinski definition) is 1. The van der Waals surface area contributed by atoms with E-state index >= 15 is 0 Å². The van der Waals surface area contributed by atoms with E-state index in [0.717, 1.165) is 22.5 Å². The van der Waals surface area contributed by atoms with Crippen molar-refractivity contribution in [3.63, 3.8) is 0 Å². The highest BCUT2D eigenvalue weighted by Gasteiger charge is 2.10. The van der Waals surface area contributed by atoms with Gasteiger partial charge in [-0.1, -0.05) is 47.4 Å². The Balaban J connectivity index is 2.52. The van der Waals surface area contributed by atoms with Crippen LogP contribution in [0.4, 0.5) is 0 Å². The summed E-state index contributed by atoms with van der Waals surface area (Å²) in [5, 5.41) is 4.31. The molecule has 1 rings (SSSR count). The fraction of sp³-hybridized carbons (Fsp3) is 0.571. The summed E-state index contributed by atoms with van der Waals surface area (Å²) in [4.78, 5) is 0. The van der Waals surface area contributed by atoms with E-state index in [1.807, 2.05) is 6.07 Å². The van der Waals surface area contributed by atoms with E-state index in [4.69, 9.17) is 11.6 Å². The second-order valence-electron chi connectivity index (χ2n) is 4.74. The van der Waals surface area contributed by atoms with Crippen molar-refractivity contribution in [3.05, 3.63) is 33.3 Å². The molecular formula is C14H21BrClN. The lowest BCUT2D eigenvalue weighted by molar-refractivity contribution is 0.426. The highest BCUT2D eigenvalue weighted by Crippen LogP contribution is 2.24. The molecule has 3 heteroatoms. The third kappa shape index (κ3) is 5.41. The summed E-state index contributed by atoms with van der Waals surface area (Å²) in [6.45, 7) is 7.70. The lowest BCUT2D eigenvalue weighted by atomic mass is 9.95. The van der Waals surface area contributed by atoms with Crippen LogP contribution in [-0.4, -0.2) is 12.6 Å². The van der Waals surface area contributed by atoms with Crippen LogP contribution in [0.2, 0.25) is 5.02 Å². The molecule has 1 aromatic carbocycles. The van der Waals surface area contributed by atoms with Gasteiger partial charge in [0.1, 0.15) is 0 Å². The van der Waals surface area contributed by atoms with Gasteiger partial charge in [0.05, 0.1) is 0 Å². The molecule has 0 spiro atoms. The summed E-state index contributed by atoms with van der Waals surface area (Å²) in [5.41, 5.74) is 1.24. The fourth-order valence-corrected chi connectivity index (χ4v) is 2.93. The Labute approximate surface area is 118 Å². The molecule has 0 bridgehead atoms. The molecule has 0 radical (unpaired) electrons. The molecule has 2 atom stereocenters. The van der Waals surface area contributed by atoms with Crippen molar-refractivity contribution in [2.75, 3.05) is 6.54 Å². The molecule has 0 amide bonds. The molecule has 2 unspecified atom stereocenters. The van der Waals surface area contributed by atoms with Crippen LogP contribution in [0.15, 0.2) is 22.7 Å². The Morgan fingerprint density at radius 3 is 2.65 bits per heavy atom. The van der Waals surface area contributed by atoms with Crippen molar-refractivity contribution < 1.29 is 0 Å². The monoisotopic (exact) mass is 317 g/mol. The van der Waals surface area contributed by atoms with Gasteiger partial charge in [0, 0.05) is 15.5 Å². The third-order valence-corrected chi connectivity index (χ3v) is 3.74. The molecule has 0 saturated carbocycles. The fourth-order valence-electron chi connectivity index (χ4n) is 2.18. The van der Waals surface area contributed by atoms with E-state index in [1.165, 1.54) is 12.0 Å². The zero-order chi connectivity index (χ0) is 12.8. The van der Waals surface area contributed by atoms with E-state index < -0.39 is 0 Å². The zero-order valence-corrected chi connectivity index (χ0v) is 13.1. The highest BCUT2D eigenvalue weighted by molar-refractivity contribution is 9.10. The molecule has 17 heavy (non-hydrogen) atoms. The first-order valence-electron chi connectivity index (χ1n) is 6.20. The first-order chi connectivity index (χ1) is 8.02. The normalized spacial score (nSPS) is 14.6. The number of rotatable bonds is 6. The SMILES string of the molecule is CCNC(C)CC(C)Cc1ccc(Br)cc1Cl. The van der Waals surface area contributed by atoms with Crippen molar-refractivity contribution in [2.24, 2.45) is 5.92 Å². The standard InChI is InChI=1S/C14H21BrClN/c1-4-17-11(3)7-10(2)8-12-5-6-13(15)9-14(12)16/h5-6,9-11,17H,4,7-8H2,1-3H3. The minimum absolute atomic E-state index is 0.573. The predicted octanol–water partition coefficient (Wildman–Crippen LogP) is 4.67. The quantitative estimate of drug-likeness (QED) is 0.803. The average Bonchev–Trinajstić information content (AvgIpc) is 2.22. The van der Waals surface area contributed by atoms with Gasteiger partial charge in [-0.15, -0.1) is 0 Å². The second kappa shape index (κ2) is 7.40. The summed E-state index contributed by atoms with van der Waals surface area (Å²) in [7, 11) is 0. The molecule has 0 aliphatic heterocycles. The highest BCUT2D eigenvalue weighted by atomic mass is 79.9. The minimum Gasteiger partial charge on any atom is -0.315 e. The van der Waals surface area contributed by atoms with E-state index in [-0.39, 0.29) is 0 Å². The van der Waals surface area contributed by atoms with Crippen molar-refractivity contribution in [3.8, 4) is 0 Å². The molecule has 0 saturated heterocycles. The third-order valence-electron chi connectivity index (χ3n) is 2.89. The number of nitrogens with one attached hydrogen (secondary N) is 1. The van der Waals surface area contributed by atoms with Crippen LogP contribution < -0.4 is 5.32 Å². The van der Waals surface area contributed by atoms with Gasteiger partial charge >= 0.3 is 0 Å². The zero-order valence-electron chi connectivity index (χ0n) is 10.8. The van der Waals surface area contributed by atoms with Crippen LogP contribution in [0.1, 0.15) is 32.8 Å². The van der Waals surface area contributed by atoms with Gasteiger partial charge in [0.15, 0.2) is 0 Å². The summed E-state index contributed by atoms with van der Waals surface area (Å²) in [6, 6.07) is 6.71.